The Hall–Kier alpha value is -3.66. The predicted molar refractivity (Wildman–Crippen MR) is 148 cm³/mol. The first-order chi connectivity index (χ1) is 20.6. The Balaban J connectivity index is 1.06. The Morgan fingerprint density at radius 1 is 0.953 bits per heavy atom. The van der Waals surface area contributed by atoms with Crippen molar-refractivity contribution in [2.24, 2.45) is 23.2 Å². The molecule has 234 valence electrons. The van der Waals surface area contributed by atoms with Gasteiger partial charge in [-0.25, -0.2) is 9.59 Å². The lowest BCUT2D eigenvalue weighted by Gasteiger charge is -2.40. The summed E-state index contributed by atoms with van der Waals surface area (Å²) in [6.07, 6.45) is 4.90. The highest BCUT2D eigenvalue weighted by Gasteiger charge is 2.49. The molecule has 13 nitrogen and oxygen atoms in total. The Bertz CT molecular complexity index is 1170. The lowest BCUT2D eigenvalue weighted by Crippen LogP contribution is -2.58. The third-order valence-electron chi connectivity index (χ3n) is 9.24. The normalized spacial score (nSPS) is 27.6. The molecule has 0 aromatic rings. The van der Waals surface area contributed by atoms with Gasteiger partial charge in [0.2, 0.25) is 5.91 Å². The molecule has 1 N–H and O–H groups in total. The first-order valence-corrected chi connectivity index (χ1v) is 15.3. The first kappa shape index (κ1) is 30.8. The van der Waals surface area contributed by atoms with Crippen molar-refractivity contribution in [2.45, 2.75) is 70.8 Å². The molecule has 2 aliphatic heterocycles. The van der Waals surface area contributed by atoms with Crippen molar-refractivity contribution < 1.29 is 43.1 Å². The SMILES string of the molecule is CC1(C(=O)OCC2CN(C(=O)CCNC(=O)OC[C@@H]3[C@@H]4CCC#CCC[C@@H]43)CCN2CC(=O)ON2C(=O)CCC2=O)CC1. The van der Waals surface area contributed by atoms with E-state index in [0.29, 0.717) is 36.0 Å². The number of carbonyl (C=O) groups is 6. The van der Waals surface area contributed by atoms with Crippen molar-refractivity contribution in [3.63, 3.8) is 0 Å². The van der Waals surface area contributed by atoms with Gasteiger partial charge in [0, 0.05) is 58.3 Å². The summed E-state index contributed by atoms with van der Waals surface area (Å²) in [6, 6.07) is -0.500. The van der Waals surface area contributed by atoms with Crippen LogP contribution in [0.25, 0.3) is 0 Å². The molecule has 3 aliphatic carbocycles. The highest BCUT2D eigenvalue weighted by atomic mass is 16.7. The quantitative estimate of drug-likeness (QED) is 0.207. The van der Waals surface area contributed by atoms with Crippen LogP contribution in [0.5, 0.6) is 0 Å². The molecule has 2 saturated heterocycles. The van der Waals surface area contributed by atoms with Crippen LogP contribution >= 0.6 is 0 Å². The summed E-state index contributed by atoms with van der Waals surface area (Å²) in [5.41, 5.74) is -0.491. The third-order valence-corrected chi connectivity index (χ3v) is 9.24. The van der Waals surface area contributed by atoms with Crippen molar-refractivity contribution in [1.82, 2.24) is 20.2 Å². The molecular formula is C30H40N4O9. The number of nitrogens with one attached hydrogen (secondary N) is 1. The number of nitrogens with zero attached hydrogens (tertiary/aromatic N) is 3. The van der Waals surface area contributed by atoms with Crippen LogP contribution < -0.4 is 5.32 Å². The standard InChI is InChI=1S/C30H40N4O9/c1-30(11-12-30)28(39)41-18-20-16-33(15-14-32(20)17-27(38)43-34-25(36)8-9-26(34)37)24(35)10-13-31-29(40)42-19-23-21-6-4-2-3-5-7-22(21)23/h20-23H,4-19H2,1H3,(H,31,40)/t20?,21-,22+,23-. The van der Waals surface area contributed by atoms with E-state index in [2.05, 4.69) is 17.2 Å². The number of alkyl carbamates (subject to hydrolysis) is 1. The van der Waals surface area contributed by atoms with Gasteiger partial charge in [0.1, 0.15) is 6.61 Å². The molecule has 13 heteroatoms. The zero-order valence-electron chi connectivity index (χ0n) is 24.6. The predicted octanol–water partition coefficient (Wildman–Crippen LogP) is 1.01. The lowest BCUT2D eigenvalue weighted by atomic mass is 10.1. The fourth-order valence-electron chi connectivity index (χ4n) is 6.11. The van der Waals surface area contributed by atoms with E-state index in [0.717, 1.165) is 38.5 Å². The van der Waals surface area contributed by atoms with Crippen LogP contribution in [0.3, 0.4) is 0 Å². The van der Waals surface area contributed by atoms with Gasteiger partial charge in [-0.05, 0) is 50.4 Å². The molecule has 4 atom stereocenters. The number of rotatable bonds is 11. The van der Waals surface area contributed by atoms with Crippen LogP contribution in [0.1, 0.15) is 64.7 Å². The van der Waals surface area contributed by atoms with Crippen LogP contribution in [0, 0.1) is 35.0 Å². The topological polar surface area (TPSA) is 152 Å². The number of ether oxygens (including phenoxy) is 2. The number of piperazine rings is 1. The van der Waals surface area contributed by atoms with E-state index in [1.807, 2.05) is 6.92 Å². The smallest absolute Gasteiger partial charge is 0.407 e. The van der Waals surface area contributed by atoms with Crippen molar-refractivity contribution in [1.29, 1.82) is 0 Å². The van der Waals surface area contributed by atoms with Gasteiger partial charge in [-0.15, -0.1) is 16.9 Å². The molecule has 2 saturated carbocycles. The highest BCUT2D eigenvalue weighted by molar-refractivity contribution is 6.01. The molecule has 5 rings (SSSR count). The minimum Gasteiger partial charge on any atom is -0.464 e. The summed E-state index contributed by atoms with van der Waals surface area (Å²) in [6.45, 7) is 2.81. The van der Waals surface area contributed by atoms with E-state index in [1.54, 1.807) is 9.80 Å². The second kappa shape index (κ2) is 13.3. The maximum absolute atomic E-state index is 13.0. The average Bonchev–Trinajstić information content (AvgIpc) is 3.85. The van der Waals surface area contributed by atoms with E-state index in [-0.39, 0.29) is 63.9 Å². The van der Waals surface area contributed by atoms with E-state index in [1.165, 1.54) is 0 Å². The highest BCUT2D eigenvalue weighted by Crippen LogP contribution is 2.52. The van der Waals surface area contributed by atoms with E-state index < -0.39 is 35.3 Å². The summed E-state index contributed by atoms with van der Waals surface area (Å²) in [5, 5.41) is 3.16. The van der Waals surface area contributed by atoms with Crippen LogP contribution in [-0.4, -0.2) is 103 Å². The summed E-state index contributed by atoms with van der Waals surface area (Å²) in [7, 11) is 0. The third kappa shape index (κ3) is 7.84. The fourth-order valence-corrected chi connectivity index (χ4v) is 6.11. The summed E-state index contributed by atoms with van der Waals surface area (Å²) >= 11 is 0. The van der Waals surface area contributed by atoms with Gasteiger partial charge in [0.25, 0.3) is 11.8 Å². The maximum Gasteiger partial charge on any atom is 0.407 e. The molecular weight excluding hydrogens is 560 g/mol. The van der Waals surface area contributed by atoms with Crippen LogP contribution in [0.15, 0.2) is 0 Å². The number of hydrogen-bond donors (Lipinski definition) is 1. The second-order valence-electron chi connectivity index (χ2n) is 12.4. The van der Waals surface area contributed by atoms with Crippen LogP contribution in [0.4, 0.5) is 4.79 Å². The summed E-state index contributed by atoms with van der Waals surface area (Å²) < 4.78 is 11.0. The molecule has 0 bridgehead atoms. The molecule has 0 spiro atoms. The minimum absolute atomic E-state index is 0.00585. The fraction of sp³-hybridized carbons (Fsp3) is 0.733. The number of fused-ring (bicyclic) bond motifs is 1. The van der Waals surface area contributed by atoms with Crippen molar-refractivity contribution in [2.75, 3.05) is 45.9 Å². The number of amides is 4. The molecule has 4 amide bonds. The van der Waals surface area contributed by atoms with E-state index in [9.17, 15) is 28.8 Å². The summed E-state index contributed by atoms with van der Waals surface area (Å²) in [5.74, 6) is 5.44. The van der Waals surface area contributed by atoms with Crippen LogP contribution in [0.2, 0.25) is 0 Å². The zero-order chi connectivity index (χ0) is 30.6. The van der Waals surface area contributed by atoms with Gasteiger partial charge in [0.15, 0.2) is 0 Å². The maximum atomic E-state index is 13.0. The monoisotopic (exact) mass is 600 g/mol. The average molecular weight is 601 g/mol. The molecule has 0 aromatic heterocycles. The molecule has 4 fully saturated rings. The Morgan fingerprint density at radius 2 is 1.63 bits per heavy atom. The van der Waals surface area contributed by atoms with Crippen molar-refractivity contribution in [3.8, 4) is 11.8 Å². The lowest BCUT2D eigenvalue weighted by molar-refractivity contribution is -0.199. The number of carbonyl (C=O) groups excluding carboxylic acids is 6. The zero-order valence-corrected chi connectivity index (χ0v) is 24.6. The number of esters is 1. The van der Waals surface area contributed by atoms with Crippen molar-refractivity contribution in [3.05, 3.63) is 0 Å². The molecule has 1 unspecified atom stereocenters. The molecule has 0 aromatic carbocycles. The van der Waals surface area contributed by atoms with E-state index >= 15 is 0 Å². The summed E-state index contributed by atoms with van der Waals surface area (Å²) in [4.78, 5) is 82.3. The Morgan fingerprint density at radius 3 is 2.28 bits per heavy atom. The Kier molecular flexibility index (Phi) is 9.54. The number of hydroxylamine groups is 2. The molecule has 2 heterocycles. The minimum atomic E-state index is -0.790. The number of imide groups is 1. The first-order valence-electron chi connectivity index (χ1n) is 15.3. The largest absolute Gasteiger partial charge is 0.464 e. The van der Waals surface area contributed by atoms with Gasteiger partial charge in [-0.3, -0.25) is 24.1 Å². The van der Waals surface area contributed by atoms with Crippen molar-refractivity contribution >= 4 is 35.8 Å². The van der Waals surface area contributed by atoms with Gasteiger partial charge < -0.3 is 24.5 Å². The molecule has 43 heavy (non-hydrogen) atoms. The molecule has 5 aliphatic rings. The van der Waals surface area contributed by atoms with Gasteiger partial charge in [0.05, 0.1) is 24.6 Å². The second-order valence-corrected chi connectivity index (χ2v) is 12.4. The van der Waals surface area contributed by atoms with E-state index in [4.69, 9.17) is 14.3 Å². The van der Waals surface area contributed by atoms with Gasteiger partial charge >= 0.3 is 18.0 Å². The van der Waals surface area contributed by atoms with Gasteiger partial charge in [-0.2, -0.15) is 0 Å². The van der Waals surface area contributed by atoms with Gasteiger partial charge in [-0.1, -0.05) is 0 Å². The van der Waals surface area contributed by atoms with Crippen LogP contribution in [-0.2, 0) is 38.3 Å². The molecule has 0 radical (unpaired) electrons. The number of hydrogen-bond acceptors (Lipinski definition) is 10. The Labute approximate surface area is 250 Å².